The van der Waals surface area contributed by atoms with E-state index in [2.05, 4.69) is 18.9 Å². The third kappa shape index (κ3) is 3.45. The third-order valence-corrected chi connectivity index (χ3v) is 2.94. The largest absolute Gasteiger partial charge is 0.534 e. The van der Waals surface area contributed by atoms with Gasteiger partial charge in [-0.15, -0.1) is 0 Å². The van der Waals surface area contributed by atoms with E-state index in [4.69, 9.17) is 15.3 Å². The molecule has 0 bridgehead atoms. The minimum Gasteiger partial charge on any atom is -0.479 e. The van der Waals surface area contributed by atoms with Crippen LogP contribution >= 0.6 is 7.82 Å². The molecule has 11 nitrogen and oxygen atoms in total. The lowest BCUT2D eigenvalue weighted by Crippen LogP contribution is -2.49. The third-order valence-electron chi connectivity index (χ3n) is 1.97. The number of carbonyl (C=O) groups is 1. The van der Waals surface area contributed by atoms with Gasteiger partial charge in [0, 0.05) is 0 Å². The van der Waals surface area contributed by atoms with Gasteiger partial charge in [0.15, 0.2) is 6.10 Å². The molecule has 1 heterocycles. The molecule has 0 unspecified atom stereocenters. The van der Waals surface area contributed by atoms with Gasteiger partial charge in [0.05, 0.1) is 6.61 Å². The van der Waals surface area contributed by atoms with Crippen molar-refractivity contribution in [2.75, 3.05) is 6.61 Å². The molecule has 0 saturated carbocycles. The van der Waals surface area contributed by atoms with Gasteiger partial charge in [-0.3, -0.25) is 4.52 Å². The van der Waals surface area contributed by atoms with Crippen LogP contribution in [0.5, 0.6) is 0 Å². The highest BCUT2D eigenvalue weighted by atomic mass is 31.2. The first-order valence-electron chi connectivity index (χ1n) is 4.51. The predicted molar refractivity (Wildman–Crippen MR) is 48.5 cm³/mol. The van der Waals surface area contributed by atoms with Gasteiger partial charge >= 0.3 is 13.8 Å². The molecule has 12 heteroatoms. The molecule has 4 atom stereocenters. The Hall–Kier alpha value is -0.620. The summed E-state index contributed by atoms with van der Waals surface area (Å²) in [6, 6.07) is 0. The minimum absolute atomic E-state index is 0.932. The molecular weight excluding hydrogens is 279 g/mol. The second-order valence-corrected chi connectivity index (χ2v) is 4.66. The van der Waals surface area contributed by atoms with E-state index in [9.17, 15) is 19.6 Å². The van der Waals surface area contributed by atoms with E-state index in [0.29, 0.717) is 0 Å². The van der Waals surface area contributed by atoms with Gasteiger partial charge in [0.1, 0.15) is 18.3 Å². The molecular formula is C6H11O11P. The zero-order valence-electron chi connectivity index (χ0n) is 8.65. The van der Waals surface area contributed by atoms with Crippen LogP contribution in [0.15, 0.2) is 0 Å². The van der Waals surface area contributed by atoms with Crippen molar-refractivity contribution in [2.24, 2.45) is 0 Å². The summed E-state index contributed by atoms with van der Waals surface area (Å²) in [4.78, 5) is 10.8. The number of aliphatic hydroxyl groups is 4. The number of aliphatic carboxylic acids is 1. The van der Waals surface area contributed by atoms with Crippen molar-refractivity contribution >= 4 is 13.8 Å². The molecule has 1 rings (SSSR count). The van der Waals surface area contributed by atoms with Crippen molar-refractivity contribution in [2.45, 2.75) is 24.4 Å². The summed E-state index contributed by atoms with van der Waals surface area (Å²) >= 11 is 0. The monoisotopic (exact) mass is 290 g/mol. The lowest BCUT2D eigenvalue weighted by atomic mass is 10.0. The van der Waals surface area contributed by atoms with Crippen molar-refractivity contribution in [1.82, 2.24) is 0 Å². The summed E-state index contributed by atoms with van der Waals surface area (Å²) in [5.41, 5.74) is 0. The average Bonchev–Trinajstić information content (AvgIpc) is 2.30. The van der Waals surface area contributed by atoms with Crippen molar-refractivity contribution in [1.29, 1.82) is 0 Å². The number of aliphatic hydroxyl groups excluding tert-OH is 4. The topological polar surface area (TPSA) is 172 Å². The summed E-state index contributed by atoms with van der Waals surface area (Å²) in [6.45, 7) is -0.932. The van der Waals surface area contributed by atoms with Gasteiger partial charge in [-0.1, -0.05) is 9.35 Å². The van der Waals surface area contributed by atoms with E-state index in [1.54, 1.807) is 0 Å². The summed E-state index contributed by atoms with van der Waals surface area (Å²) in [7, 11) is -4.25. The molecule has 0 radical (unpaired) electrons. The van der Waals surface area contributed by atoms with Crippen LogP contribution in [0, 0.1) is 0 Å². The van der Waals surface area contributed by atoms with Crippen LogP contribution in [0.4, 0.5) is 0 Å². The zero-order chi connectivity index (χ0) is 13.9. The molecule has 0 aliphatic carbocycles. The molecule has 1 aliphatic heterocycles. The Balaban J connectivity index is 2.72. The summed E-state index contributed by atoms with van der Waals surface area (Å²) in [5, 5.41) is 48.6. The van der Waals surface area contributed by atoms with E-state index >= 15 is 0 Å². The summed E-state index contributed by atoms with van der Waals surface area (Å²) in [6.07, 6.45) is -8.28. The van der Waals surface area contributed by atoms with Crippen LogP contribution < -0.4 is 0 Å². The molecule has 18 heavy (non-hydrogen) atoms. The molecule has 5 N–H and O–H groups in total. The van der Waals surface area contributed by atoms with E-state index in [1.165, 1.54) is 0 Å². The first-order chi connectivity index (χ1) is 8.30. The van der Waals surface area contributed by atoms with Crippen LogP contribution in [0.2, 0.25) is 0 Å². The fraction of sp³-hybridized carbons (Fsp3) is 0.833. The second-order valence-electron chi connectivity index (χ2n) is 3.26. The van der Waals surface area contributed by atoms with Gasteiger partial charge in [0.2, 0.25) is 0 Å². The number of rotatable bonds is 7. The summed E-state index contributed by atoms with van der Waals surface area (Å²) < 4.78 is 23.2. The standard InChI is InChI=1S/C6H11O11P/c7-1-2(8)3(9)4(10)5(6(11)12)14-18(13)16-15-17-18/h2-5,7-10H,1H2,(H,11,12)/t2-,3-,4+,5-/m1/s1. The van der Waals surface area contributed by atoms with E-state index in [0.717, 1.165) is 0 Å². The molecule has 0 aromatic heterocycles. The SMILES string of the molecule is O=C(O)[C@H](OP1(=O)OOO1)[C@@H](O)[C@H](O)[C@H](O)CO. The molecule has 1 aliphatic rings. The molecule has 0 spiro atoms. The predicted octanol–water partition coefficient (Wildman–Crippen LogP) is -2.47. The minimum atomic E-state index is -4.25. The van der Waals surface area contributed by atoms with Crippen molar-refractivity contribution in [3.05, 3.63) is 0 Å². The maximum atomic E-state index is 11.2. The van der Waals surface area contributed by atoms with Crippen LogP contribution in [-0.4, -0.2) is 62.5 Å². The zero-order valence-corrected chi connectivity index (χ0v) is 9.54. The van der Waals surface area contributed by atoms with Crippen LogP contribution in [0.3, 0.4) is 0 Å². The Labute approximate surface area is 99.6 Å². The highest BCUT2D eigenvalue weighted by Gasteiger charge is 2.48. The van der Waals surface area contributed by atoms with Gasteiger partial charge in [-0.2, -0.15) is 0 Å². The van der Waals surface area contributed by atoms with E-state index < -0.39 is 44.8 Å². The highest BCUT2D eigenvalue weighted by molar-refractivity contribution is 7.49. The lowest BCUT2D eigenvalue weighted by molar-refractivity contribution is -0.500. The number of carboxylic acid groups (broad SMARTS) is 1. The summed E-state index contributed by atoms with van der Waals surface area (Å²) in [5.74, 6) is -1.80. The van der Waals surface area contributed by atoms with Crippen molar-refractivity contribution in [3.8, 4) is 0 Å². The van der Waals surface area contributed by atoms with Crippen molar-refractivity contribution < 1.29 is 53.8 Å². The second kappa shape index (κ2) is 6.02. The fourth-order valence-electron chi connectivity index (χ4n) is 1.02. The molecule has 0 aromatic carbocycles. The van der Waals surface area contributed by atoms with Gasteiger partial charge < -0.3 is 25.5 Å². The smallest absolute Gasteiger partial charge is 0.479 e. The number of hydrogen-bond donors (Lipinski definition) is 5. The fourth-order valence-corrected chi connectivity index (χ4v) is 1.75. The molecule has 0 amide bonds. The van der Waals surface area contributed by atoms with E-state index in [1.807, 2.05) is 0 Å². The molecule has 106 valence electrons. The Morgan fingerprint density at radius 2 is 1.78 bits per heavy atom. The van der Waals surface area contributed by atoms with Crippen molar-refractivity contribution in [3.63, 3.8) is 0 Å². The first kappa shape index (κ1) is 15.4. The highest BCUT2D eigenvalue weighted by Crippen LogP contribution is 2.58. The van der Waals surface area contributed by atoms with E-state index in [-0.39, 0.29) is 0 Å². The lowest BCUT2D eigenvalue weighted by Gasteiger charge is -2.29. The molecule has 0 aromatic rings. The molecule has 1 fully saturated rings. The maximum Gasteiger partial charge on any atom is 0.534 e. The average molecular weight is 290 g/mol. The van der Waals surface area contributed by atoms with Gasteiger partial charge in [-0.25, -0.2) is 9.36 Å². The number of phosphoric acid groups is 1. The number of hydrogen-bond acceptors (Lipinski definition) is 10. The Kier molecular flexibility index (Phi) is 5.16. The first-order valence-corrected chi connectivity index (χ1v) is 5.98. The maximum absolute atomic E-state index is 11.2. The quantitative estimate of drug-likeness (QED) is 0.248. The van der Waals surface area contributed by atoms with Gasteiger partial charge in [0.25, 0.3) is 0 Å². The number of carboxylic acids is 1. The van der Waals surface area contributed by atoms with Crippen LogP contribution in [-0.2, 0) is 28.3 Å². The van der Waals surface area contributed by atoms with Crippen LogP contribution in [0.1, 0.15) is 0 Å². The Morgan fingerprint density at radius 3 is 2.11 bits per heavy atom. The molecule has 1 saturated heterocycles. The normalized spacial score (nSPS) is 24.7. The Morgan fingerprint density at radius 1 is 1.22 bits per heavy atom. The Bertz CT molecular complexity index is 336. The van der Waals surface area contributed by atoms with Crippen LogP contribution in [0.25, 0.3) is 0 Å². The van der Waals surface area contributed by atoms with Gasteiger partial charge in [-0.05, 0) is 5.04 Å².